The maximum absolute atomic E-state index is 13.0. The quantitative estimate of drug-likeness (QED) is 0.474. The number of aromatic nitrogens is 1. The molecule has 1 aromatic carbocycles. The van der Waals surface area contributed by atoms with Crippen molar-refractivity contribution >= 4 is 17.2 Å². The fourth-order valence-corrected chi connectivity index (χ4v) is 5.86. The summed E-state index contributed by atoms with van der Waals surface area (Å²) in [5.41, 5.74) is 6.51. The van der Waals surface area contributed by atoms with Gasteiger partial charge in [-0.2, -0.15) is 4.57 Å². The number of ether oxygens (including phenoxy) is 1. The minimum atomic E-state index is -0.699. The first-order valence-corrected chi connectivity index (χ1v) is 11.5. The first-order valence-electron chi connectivity index (χ1n) is 11.5. The minimum absolute atomic E-state index is 0.275. The summed E-state index contributed by atoms with van der Waals surface area (Å²) >= 11 is 0. The van der Waals surface area contributed by atoms with E-state index in [4.69, 9.17) is 9.15 Å². The van der Waals surface area contributed by atoms with E-state index in [1.807, 2.05) is 6.92 Å². The Balaban J connectivity index is 2.09. The van der Waals surface area contributed by atoms with Gasteiger partial charge in [0.15, 0.2) is 5.58 Å². The molecule has 2 aliphatic rings. The normalized spacial score (nSPS) is 25.3. The number of fused-ring (bicyclic) bond motifs is 2. The molecule has 5 heteroatoms. The van der Waals surface area contributed by atoms with Crippen LogP contribution in [0.5, 0.6) is 0 Å². The molecule has 4 atom stereocenters. The second-order valence-corrected chi connectivity index (χ2v) is 10.9. The lowest BCUT2D eigenvalue weighted by Gasteiger charge is -2.42. The van der Waals surface area contributed by atoms with Gasteiger partial charge in [-0.25, -0.2) is 9.59 Å². The smallest absolute Gasteiger partial charge is 0.429 e. The van der Waals surface area contributed by atoms with E-state index >= 15 is 0 Å². The second-order valence-electron chi connectivity index (χ2n) is 10.9. The molecule has 0 bridgehead atoms. The molecule has 31 heavy (non-hydrogen) atoms. The third kappa shape index (κ3) is 3.56. The molecule has 1 aromatic heterocycles. The van der Waals surface area contributed by atoms with Crippen LogP contribution < -0.4 is 5.76 Å². The highest BCUT2D eigenvalue weighted by Crippen LogP contribution is 2.55. The lowest BCUT2D eigenvalue weighted by atomic mass is 9.62. The zero-order valence-corrected chi connectivity index (χ0v) is 20.1. The zero-order valence-electron chi connectivity index (χ0n) is 20.1. The van der Waals surface area contributed by atoms with Crippen LogP contribution in [0.15, 0.2) is 20.9 Å². The third-order valence-electron chi connectivity index (χ3n) is 6.96. The molecule has 168 valence electrons. The number of carbonyl (C=O) groups excluding carboxylic acids is 1. The van der Waals surface area contributed by atoms with Crippen LogP contribution in [0.3, 0.4) is 0 Å². The van der Waals surface area contributed by atoms with Gasteiger partial charge in [-0.05, 0) is 95.2 Å². The van der Waals surface area contributed by atoms with Crippen LogP contribution in [0.25, 0.3) is 11.1 Å². The summed E-state index contributed by atoms with van der Waals surface area (Å²) in [6.07, 6.45) is 4.98. The Morgan fingerprint density at radius 2 is 1.81 bits per heavy atom. The topological polar surface area (TPSA) is 61.4 Å². The van der Waals surface area contributed by atoms with E-state index in [9.17, 15) is 9.59 Å². The molecule has 0 fully saturated rings. The molecule has 5 nitrogen and oxygen atoms in total. The molecule has 0 saturated heterocycles. The molecule has 0 amide bonds. The SMILES string of the molecule is CC(C)=C[C@@H]1C[C@H](C)[C@H]2CC[C@H](C)c3c2c1c(C)c1c3oc(=O)n1C(=O)OC(C)(C)C. The van der Waals surface area contributed by atoms with Gasteiger partial charge in [0.05, 0.1) is 0 Å². The van der Waals surface area contributed by atoms with Gasteiger partial charge in [0, 0.05) is 11.5 Å². The number of allylic oxidation sites excluding steroid dienone is 2. The molecular formula is C26H35NO4. The summed E-state index contributed by atoms with van der Waals surface area (Å²) in [4.78, 5) is 25.9. The monoisotopic (exact) mass is 425 g/mol. The molecule has 0 spiro atoms. The Morgan fingerprint density at radius 1 is 1.13 bits per heavy atom. The molecule has 2 aliphatic carbocycles. The largest absolute Gasteiger partial charge is 0.443 e. The van der Waals surface area contributed by atoms with E-state index in [-0.39, 0.29) is 11.8 Å². The Morgan fingerprint density at radius 3 is 2.42 bits per heavy atom. The van der Waals surface area contributed by atoms with E-state index < -0.39 is 17.5 Å². The van der Waals surface area contributed by atoms with Crippen LogP contribution in [0.4, 0.5) is 4.79 Å². The van der Waals surface area contributed by atoms with Crippen molar-refractivity contribution in [1.29, 1.82) is 0 Å². The predicted octanol–water partition coefficient (Wildman–Crippen LogP) is 6.76. The van der Waals surface area contributed by atoms with Crippen molar-refractivity contribution in [3.63, 3.8) is 0 Å². The van der Waals surface area contributed by atoms with Gasteiger partial charge in [0.1, 0.15) is 11.1 Å². The van der Waals surface area contributed by atoms with Crippen molar-refractivity contribution < 1.29 is 13.9 Å². The molecule has 2 aromatic rings. The van der Waals surface area contributed by atoms with E-state index in [0.29, 0.717) is 22.9 Å². The van der Waals surface area contributed by atoms with E-state index in [1.54, 1.807) is 20.8 Å². The summed E-state index contributed by atoms with van der Waals surface area (Å²) in [6.45, 7) is 16.3. The van der Waals surface area contributed by atoms with Gasteiger partial charge in [-0.3, -0.25) is 0 Å². The maximum atomic E-state index is 13.0. The fourth-order valence-electron chi connectivity index (χ4n) is 5.86. The summed E-state index contributed by atoms with van der Waals surface area (Å²) in [7, 11) is 0. The third-order valence-corrected chi connectivity index (χ3v) is 6.96. The van der Waals surface area contributed by atoms with Crippen molar-refractivity contribution in [2.45, 2.75) is 98.0 Å². The summed E-state index contributed by atoms with van der Waals surface area (Å²) < 4.78 is 12.5. The number of nitrogens with zero attached hydrogens (tertiary/aromatic N) is 1. The average molecular weight is 426 g/mol. The number of carbonyl (C=O) groups is 1. The molecule has 0 radical (unpaired) electrons. The number of benzene rings is 1. The summed E-state index contributed by atoms with van der Waals surface area (Å²) in [6, 6.07) is 0. The number of hydrogen-bond acceptors (Lipinski definition) is 4. The Bertz CT molecular complexity index is 1140. The van der Waals surface area contributed by atoms with E-state index in [0.717, 1.165) is 35.0 Å². The predicted molar refractivity (Wildman–Crippen MR) is 123 cm³/mol. The second kappa shape index (κ2) is 7.39. The Kier molecular flexibility index (Phi) is 5.22. The van der Waals surface area contributed by atoms with Crippen LogP contribution >= 0.6 is 0 Å². The highest BCUT2D eigenvalue weighted by molar-refractivity contribution is 5.92. The van der Waals surface area contributed by atoms with Crippen molar-refractivity contribution in [1.82, 2.24) is 4.57 Å². The van der Waals surface area contributed by atoms with Crippen LogP contribution in [-0.4, -0.2) is 16.3 Å². The first kappa shape index (κ1) is 21.9. The number of oxazole rings is 1. The molecular weight excluding hydrogens is 390 g/mol. The van der Waals surface area contributed by atoms with Gasteiger partial charge in [-0.1, -0.05) is 25.5 Å². The zero-order chi connectivity index (χ0) is 22.8. The molecule has 4 rings (SSSR count). The van der Waals surface area contributed by atoms with E-state index in [2.05, 4.69) is 33.8 Å². The average Bonchev–Trinajstić information content (AvgIpc) is 2.96. The number of aryl methyl sites for hydroxylation is 1. The van der Waals surface area contributed by atoms with Gasteiger partial charge in [-0.15, -0.1) is 0 Å². The minimum Gasteiger partial charge on any atom is -0.443 e. The standard InChI is InChI=1S/C26H35NO4/c1-13(2)11-17-12-15(4)18-10-9-14(3)19-21(18)20(17)16(5)22-23(19)30-24(28)27(22)25(29)31-26(6,7)8/h11,14-15,17-18H,9-10,12H2,1-8H3/t14-,15-,17+,18+/m0/s1. The van der Waals surface area contributed by atoms with Crippen molar-refractivity contribution in [2.24, 2.45) is 5.92 Å². The van der Waals surface area contributed by atoms with Crippen LogP contribution in [0, 0.1) is 12.8 Å². The number of rotatable bonds is 1. The van der Waals surface area contributed by atoms with Crippen LogP contribution in [-0.2, 0) is 4.74 Å². The number of hydrogen-bond donors (Lipinski definition) is 0. The lowest BCUT2D eigenvalue weighted by Crippen LogP contribution is -2.32. The summed E-state index contributed by atoms with van der Waals surface area (Å²) in [5, 5.41) is 0. The first-order chi connectivity index (χ1) is 14.4. The highest BCUT2D eigenvalue weighted by atomic mass is 16.6. The van der Waals surface area contributed by atoms with Crippen LogP contribution in [0.1, 0.15) is 108 Å². The molecule has 0 N–H and O–H groups in total. The van der Waals surface area contributed by atoms with E-state index in [1.165, 1.54) is 16.7 Å². The van der Waals surface area contributed by atoms with Crippen LogP contribution in [0.2, 0.25) is 0 Å². The Hall–Kier alpha value is -2.30. The van der Waals surface area contributed by atoms with Gasteiger partial charge < -0.3 is 9.15 Å². The highest BCUT2D eigenvalue weighted by Gasteiger charge is 2.41. The molecule has 0 aliphatic heterocycles. The lowest BCUT2D eigenvalue weighted by molar-refractivity contribution is 0.0532. The fraction of sp³-hybridized carbons (Fsp3) is 0.615. The molecule has 0 saturated carbocycles. The maximum Gasteiger partial charge on any atom is 0.429 e. The van der Waals surface area contributed by atoms with Crippen molar-refractivity contribution in [3.8, 4) is 0 Å². The Labute approximate surface area is 184 Å². The van der Waals surface area contributed by atoms with Crippen molar-refractivity contribution in [3.05, 3.63) is 44.5 Å². The molecule has 0 unspecified atom stereocenters. The van der Waals surface area contributed by atoms with Crippen molar-refractivity contribution in [2.75, 3.05) is 0 Å². The van der Waals surface area contributed by atoms with Gasteiger partial charge >= 0.3 is 11.8 Å². The van der Waals surface area contributed by atoms with Gasteiger partial charge in [0.25, 0.3) is 0 Å². The molecule has 1 heterocycles. The van der Waals surface area contributed by atoms with Gasteiger partial charge in [0.2, 0.25) is 0 Å². The summed E-state index contributed by atoms with van der Waals surface area (Å²) in [5.74, 6) is 0.935.